The van der Waals surface area contributed by atoms with E-state index in [0.29, 0.717) is 13.0 Å². The fraction of sp³-hybridized carbons (Fsp3) is 0.364. The number of ether oxygens (including phenoxy) is 2. The average molecular weight is 396 g/mol. The topological polar surface area (TPSA) is 67.9 Å². The molecular formula is C22H21FN2O4. The minimum absolute atomic E-state index is 0.129. The Labute approximate surface area is 167 Å². The van der Waals surface area contributed by atoms with E-state index in [9.17, 15) is 14.0 Å². The fourth-order valence-electron chi connectivity index (χ4n) is 4.52. The maximum Gasteiger partial charge on any atom is 0.407 e. The van der Waals surface area contributed by atoms with E-state index in [2.05, 4.69) is 11.4 Å². The highest BCUT2D eigenvalue weighted by molar-refractivity contribution is 5.83. The zero-order valence-electron chi connectivity index (χ0n) is 15.7. The summed E-state index contributed by atoms with van der Waals surface area (Å²) in [5.74, 6) is -0.442. The van der Waals surface area contributed by atoms with E-state index in [1.165, 1.54) is 17.7 Å². The predicted molar refractivity (Wildman–Crippen MR) is 102 cm³/mol. The van der Waals surface area contributed by atoms with Gasteiger partial charge in [-0.1, -0.05) is 36.4 Å². The van der Waals surface area contributed by atoms with Crippen LogP contribution in [0.25, 0.3) is 0 Å². The largest absolute Gasteiger partial charge is 0.444 e. The first-order chi connectivity index (χ1) is 14.1. The number of nitrogens with zero attached hydrogens (tertiary/aromatic N) is 1. The lowest BCUT2D eigenvalue weighted by atomic mass is 9.87. The van der Waals surface area contributed by atoms with Gasteiger partial charge in [-0.3, -0.25) is 4.79 Å². The van der Waals surface area contributed by atoms with Crippen LogP contribution in [0.1, 0.15) is 29.2 Å². The van der Waals surface area contributed by atoms with Crippen LogP contribution in [0, 0.1) is 5.82 Å². The summed E-state index contributed by atoms with van der Waals surface area (Å²) >= 11 is 0. The molecule has 5 rings (SSSR count). The second kappa shape index (κ2) is 7.15. The zero-order valence-corrected chi connectivity index (χ0v) is 15.7. The molecule has 3 heterocycles. The van der Waals surface area contributed by atoms with Crippen LogP contribution < -0.4 is 5.32 Å². The van der Waals surface area contributed by atoms with E-state index in [1.54, 1.807) is 12.1 Å². The monoisotopic (exact) mass is 396 g/mol. The quantitative estimate of drug-likeness (QED) is 0.847. The lowest BCUT2D eigenvalue weighted by molar-refractivity contribution is -0.152. The molecule has 2 aromatic rings. The summed E-state index contributed by atoms with van der Waals surface area (Å²) in [6.45, 7) is 0.794. The molecule has 29 heavy (non-hydrogen) atoms. The van der Waals surface area contributed by atoms with Crippen LogP contribution in [-0.4, -0.2) is 48.3 Å². The number of benzene rings is 2. The molecule has 150 valence electrons. The van der Waals surface area contributed by atoms with E-state index >= 15 is 0 Å². The molecule has 7 heteroatoms. The average Bonchev–Trinajstić information content (AvgIpc) is 3.12. The van der Waals surface area contributed by atoms with E-state index in [-0.39, 0.29) is 36.5 Å². The number of halogens is 1. The van der Waals surface area contributed by atoms with Gasteiger partial charge in [0, 0.05) is 13.0 Å². The first kappa shape index (κ1) is 18.1. The molecule has 0 aromatic heterocycles. The second-order valence-electron chi connectivity index (χ2n) is 7.69. The van der Waals surface area contributed by atoms with Gasteiger partial charge in [0.1, 0.15) is 18.0 Å². The Kier molecular flexibility index (Phi) is 4.47. The summed E-state index contributed by atoms with van der Waals surface area (Å²) in [6, 6.07) is 13.8. The predicted octanol–water partition coefficient (Wildman–Crippen LogP) is 2.57. The van der Waals surface area contributed by atoms with Crippen molar-refractivity contribution in [1.29, 1.82) is 0 Å². The van der Waals surface area contributed by atoms with Crippen molar-refractivity contribution in [3.63, 3.8) is 0 Å². The van der Waals surface area contributed by atoms with Crippen LogP contribution >= 0.6 is 0 Å². The Morgan fingerprint density at radius 2 is 1.93 bits per heavy atom. The summed E-state index contributed by atoms with van der Waals surface area (Å²) in [6.07, 6.45) is -0.415. The summed E-state index contributed by atoms with van der Waals surface area (Å²) in [4.78, 5) is 26.7. The summed E-state index contributed by atoms with van der Waals surface area (Å²) in [7, 11) is 0. The van der Waals surface area contributed by atoms with Crippen LogP contribution in [0.4, 0.5) is 9.18 Å². The highest BCUT2D eigenvalue weighted by atomic mass is 19.1. The molecule has 0 spiro atoms. The second-order valence-corrected chi connectivity index (χ2v) is 7.69. The molecule has 2 amide bonds. The van der Waals surface area contributed by atoms with Crippen molar-refractivity contribution in [3.05, 3.63) is 71.0 Å². The van der Waals surface area contributed by atoms with E-state index < -0.39 is 12.2 Å². The number of amides is 2. The summed E-state index contributed by atoms with van der Waals surface area (Å²) in [5, 5.41) is 2.70. The fourth-order valence-corrected chi connectivity index (χ4v) is 4.52. The normalized spacial score (nSPS) is 28.2. The molecule has 3 aliphatic rings. The van der Waals surface area contributed by atoms with Crippen molar-refractivity contribution in [2.24, 2.45) is 0 Å². The van der Waals surface area contributed by atoms with Crippen molar-refractivity contribution < 1.29 is 23.5 Å². The Morgan fingerprint density at radius 3 is 2.76 bits per heavy atom. The van der Waals surface area contributed by atoms with Gasteiger partial charge in [0.05, 0.1) is 18.7 Å². The summed E-state index contributed by atoms with van der Waals surface area (Å²) < 4.78 is 24.6. The lowest BCUT2D eigenvalue weighted by Gasteiger charge is -2.40. The molecule has 6 nitrogen and oxygen atoms in total. The smallest absolute Gasteiger partial charge is 0.407 e. The Hall–Kier alpha value is -2.93. The Morgan fingerprint density at radius 1 is 1.14 bits per heavy atom. The third-order valence-corrected chi connectivity index (χ3v) is 5.96. The van der Waals surface area contributed by atoms with Crippen molar-refractivity contribution >= 4 is 12.0 Å². The molecule has 3 aliphatic heterocycles. The van der Waals surface area contributed by atoms with Gasteiger partial charge < -0.3 is 19.7 Å². The SMILES string of the molecule is O=C1N[C@@H]2CO[C@@H](C(=O)N3CCc4ccccc4[C@@H]3c3ccc(F)cc3)C[C@@H]2O1. The minimum Gasteiger partial charge on any atom is -0.444 e. The van der Waals surface area contributed by atoms with Gasteiger partial charge in [0.25, 0.3) is 5.91 Å². The number of carbonyl (C=O) groups is 2. The van der Waals surface area contributed by atoms with Crippen LogP contribution in [0.3, 0.4) is 0 Å². The summed E-state index contributed by atoms with van der Waals surface area (Å²) in [5.41, 5.74) is 3.08. The number of hydrogen-bond acceptors (Lipinski definition) is 4. The maximum absolute atomic E-state index is 13.5. The first-order valence-electron chi connectivity index (χ1n) is 9.82. The van der Waals surface area contributed by atoms with Crippen molar-refractivity contribution in [2.45, 2.75) is 37.1 Å². The van der Waals surface area contributed by atoms with Gasteiger partial charge in [-0.2, -0.15) is 0 Å². The van der Waals surface area contributed by atoms with E-state index in [4.69, 9.17) is 9.47 Å². The number of fused-ring (bicyclic) bond motifs is 2. The molecular weight excluding hydrogens is 375 g/mol. The molecule has 4 atom stereocenters. The minimum atomic E-state index is -0.669. The van der Waals surface area contributed by atoms with Crippen LogP contribution in [0.15, 0.2) is 48.5 Å². The number of alkyl carbamates (subject to hydrolysis) is 1. The van der Waals surface area contributed by atoms with E-state index in [0.717, 1.165) is 17.5 Å². The lowest BCUT2D eigenvalue weighted by Crippen LogP contribution is -2.52. The molecule has 0 radical (unpaired) electrons. The van der Waals surface area contributed by atoms with E-state index in [1.807, 2.05) is 23.1 Å². The molecule has 0 saturated carbocycles. The van der Waals surface area contributed by atoms with Crippen molar-refractivity contribution in [2.75, 3.05) is 13.2 Å². The molecule has 1 N–H and O–H groups in total. The van der Waals surface area contributed by atoms with Gasteiger partial charge in [0.15, 0.2) is 0 Å². The van der Waals surface area contributed by atoms with Gasteiger partial charge in [-0.15, -0.1) is 0 Å². The third-order valence-electron chi connectivity index (χ3n) is 5.96. The van der Waals surface area contributed by atoms with Gasteiger partial charge in [-0.05, 0) is 35.2 Å². The number of rotatable bonds is 2. The molecule has 2 aromatic carbocycles. The first-order valence-corrected chi connectivity index (χ1v) is 9.82. The van der Waals surface area contributed by atoms with Crippen molar-refractivity contribution in [3.8, 4) is 0 Å². The highest BCUT2D eigenvalue weighted by Gasteiger charge is 2.44. The van der Waals surface area contributed by atoms with Crippen LogP contribution in [0.5, 0.6) is 0 Å². The molecule has 0 bridgehead atoms. The zero-order chi connectivity index (χ0) is 20.0. The molecule has 0 unspecified atom stereocenters. The molecule has 2 saturated heterocycles. The molecule has 0 aliphatic carbocycles. The van der Waals surface area contributed by atoms with Gasteiger partial charge in [-0.25, -0.2) is 9.18 Å². The number of carbonyl (C=O) groups excluding carboxylic acids is 2. The maximum atomic E-state index is 13.5. The Bertz CT molecular complexity index is 948. The molecule has 2 fully saturated rings. The number of nitrogens with one attached hydrogen (secondary N) is 1. The van der Waals surface area contributed by atoms with Crippen molar-refractivity contribution in [1.82, 2.24) is 10.2 Å². The number of hydrogen-bond donors (Lipinski definition) is 1. The van der Waals surface area contributed by atoms with Crippen LogP contribution in [-0.2, 0) is 20.7 Å². The Balaban J connectivity index is 1.45. The van der Waals surface area contributed by atoms with Gasteiger partial charge >= 0.3 is 6.09 Å². The van der Waals surface area contributed by atoms with Gasteiger partial charge in [0.2, 0.25) is 0 Å². The third kappa shape index (κ3) is 3.25. The highest BCUT2D eigenvalue weighted by Crippen LogP contribution is 2.36. The van der Waals surface area contributed by atoms with Crippen LogP contribution in [0.2, 0.25) is 0 Å². The standard InChI is InChI=1S/C22H21FN2O4/c23-15-7-5-14(6-8-15)20-16-4-2-1-3-13(16)9-10-25(20)21(26)19-11-18-17(12-28-19)24-22(27)29-18/h1-8,17-20H,9-12H2,(H,24,27)/t17-,18+,19-,20+/m1/s1.